The van der Waals surface area contributed by atoms with Gasteiger partial charge in [-0.1, -0.05) is 41.6 Å². The Morgan fingerprint density at radius 2 is 1.70 bits per heavy atom. The van der Waals surface area contributed by atoms with Gasteiger partial charge in [0.1, 0.15) is 18.1 Å². The van der Waals surface area contributed by atoms with Gasteiger partial charge in [-0.3, -0.25) is 19.3 Å². The number of ether oxygens (including phenoxy) is 1. The number of methoxy groups -OCH3 is 1. The van der Waals surface area contributed by atoms with Crippen molar-refractivity contribution in [2.45, 2.75) is 26.4 Å². The van der Waals surface area contributed by atoms with Crippen LogP contribution in [0.1, 0.15) is 34.5 Å². The summed E-state index contributed by atoms with van der Waals surface area (Å²) in [5.74, 6) is -0.800. The summed E-state index contributed by atoms with van der Waals surface area (Å²) >= 11 is 0. The minimum Gasteiger partial charge on any atom is -0.383 e. The highest BCUT2D eigenvalue weighted by molar-refractivity contribution is 6.02. The van der Waals surface area contributed by atoms with E-state index in [0.717, 1.165) is 5.56 Å². The van der Waals surface area contributed by atoms with E-state index in [1.807, 2.05) is 55.5 Å². The number of para-hydroxylation sites is 1. The Labute approximate surface area is 215 Å². The Bertz CT molecular complexity index is 1410. The normalized spacial score (nSPS) is 11.8. The first-order chi connectivity index (χ1) is 17.9. The van der Waals surface area contributed by atoms with Crippen molar-refractivity contribution in [3.8, 4) is 0 Å². The van der Waals surface area contributed by atoms with Crippen molar-refractivity contribution < 1.29 is 19.1 Å². The first-order valence-corrected chi connectivity index (χ1v) is 11.9. The largest absolute Gasteiger partial charge is 0.383 e. The minimum atomic E-state index is -0.969. The molecule has 9 heteroatoms. The number of aryl methyl sites for hydroxylation is 1. The van der Waals surface area contributed by atoms with Crippen molar-refractivity contribution in [3.63, 3.8) is 0 Å². The Hall–Kier alpha value is -4.37. The molecule has 190 valence electrons. The fraction of sp³-hybridized carbons (Fsp3) is 0.250. The van der Waals surface area contributed by atoms with Gasteiger partial charge in [0.15, 0.2) is 5.78 Å². The number of nitrogens with one attached hydrogen (secondary N) is 1. The maximum Gasteiger partial charge on any atom is 0.249 e. The fourth-order valence-corrected chi connectivity index (χ4v) is 4.20. The van der Waals surface area contributed by atoms with Gasteiger partial charge in [0, 0.05) is 24.9 Å². The molecule has 1 atom stereocenters. The Balaban J connectivity index is 1.80. The summed E-state index contributed by atoms with van der Waals surface area (Å²) in [6, 6.07) is 20.5. The molecule has 0 radical (unpaired) electrons. The minimum absolute atomic E-state index is 0.0914. The Morgan fingerprint density at radius 1 is 1.00 bits per heavy atom. The van der Waals surface area contributed by atoms with Crippen LogP contribution in [0.15, 0.2) is 72.8 Å². The van der Waals surface area contributed by atoms with Gasteiger partial charge in [-0.25, -0.2) is 4.68 Å². The highest BCUT2D eigenvalue weighted by Gasteiger charge is 2.34. The van der Waals surface area contributed by atoms with Crippen molar-refractivity contribution in [1.29, 1.82) is 0 Å². The predicted octanol–water partition coefficient (Wildman–Crippen LogP) is 3.48. The molecule has 0 aliphatic carbocycles. The predicted molar refractivity (Wildman–Crippen MR) is 140 cm³/mol. The van der Waals surface area contributed by atoms with E-state index in [0.29, 0.717) is 34.5 Å². The lowest BCUT2D eigenvalue weighted by molar-refractivity contribution is -0.127. The SMILES string of the molecule is COCCNC(=O)[C@H](c1ccccc1C)N(C(=O)Cn1nnc2ccccc21)c1ccc(C(C)=O)cc1. The van der Waals surface area contributed by atoms with E-state index in [4.69, 9.17) is 4.74 Å². The molecular weight excluding hydrogens is 470 g/mol. The van der Waals surface area contributed by atoms with E-state index in [1.165, 1.54) is 16.5 Å². The second-order valence-electron chi connectivity index (χ2n) is 8.65. The second-order valence-corrected chi connectivity index (χ2v) is 8.65. The van der Waals surface area contributed by atoms with E-state index in [2.05, 4.69) is 15.6 Å². The molecule has 0 fully saturated rings. The molecule has 4 aromatic rings. The van der Waals surface area contributed by atoms with Crippen LogP contribution in [0.25, 0.3) is 11.0 Å². The maximum absolute atomic E-state index is 14.0. The number of fused-ring (bicyclic) bond motifs is 1. The van der Waals surface area contributed by atoms with Crippen molar-refractivity contribution in [2.24, 2.45) is 0 Å². The molecular formula is C28H29N5O4. The van der Waals surface area contributed by atoms with Crippen LogP contribution in [0, 0.1) is 6.92 Å². The number of hydrogen-bond donors (Lipinski definition) is 1. The quantitative estimate of drug-likeness (QED) is 0.265. The third kappa shape index (κ3) is 5.73. The molecule has 1 N–H and O–H groups in total. The van der Waals surface area contributed by atoms with Crippen LogP contribution < -0.4 is 10.2 Å². The zero-order valence-electron chi connectivity index (χ0n) is 21.0. The average molecular weight is 500 g/mol. The van der Waals surface area contributed by atoms with Crippen LogP contribution in [0.3, 0.4) is 0 Å². The summed E-state index contributed by atoms with van der Waals surface area (Å²) in [5.41, 5.74) is 3.91. The van der Waals surface area contributed by atoms with Crippen molar-refractivity contribution in [3.05, 3.63) is 89.5 Å². The van der Waals surface area contributed by atoms with Gasteiger partial charge in [0.25, 0.3) is 0 Å². The summed E-state index contributed by atoms with van der Waals surface area (Å²) in [5, 5.41) is 11.2. The molecule has 0 unspecified atom stereocenters. The first kappa shape index (κ1) is 25.7. The lowest BCUT2D eigenvalue weighted by atomic mass is 9.98. The molecule has 1 heterocycles. The molecule has 0 saturated heterocycles. The average Bonchev–Trinajstić information content (AvgIpc) is 3.30. The topological polar surface area (TPSA) is 106 Å². The molecule has 2 amide bonds. The zero-order valence-corrected chi connectivity index (χ0v) is 21.0. The smallest absolute Gasteiger partial charge is 0.249 e. The summed E-state index contributed by atoms with van der Waals surface area (Å²) in [6.45, 7) is 3.86. The number of anilines is 1. The van der Waals surface area contributed by atoms with Gasteiger partial charge >= 0.3 is 0 Å². The summed E-state index contributed by atoms with van der Waals surface area (Å²) in [6.07, 6.45) is 0. The summed E-state index contributed by atoms with van der Waals surface area (Å²) < 4.78 is 6.62. The highest BCUT2D eigenvalue weighted by atomic mass is 16.5. The number of benzene rings is 3. The third-order valence-electron chi connectivity index (χ3n) is 6.12. The van der Waals surface area contributed by atoms with Crippen molar-refractivity contribution in [1.82, 2.24) is 20.3 Å². The molecule has 0 aliphatic heterocycles. The van der Waals surface area contributed by atoms with Gasteiger partial charge in [-0.2, -0.15) is 0 Å². The maximum atomic E-state index is 14.0. The molecule has 37 heavy (non-hydrogen) atoms. The molecule has 0 bridgehead atoms. The molecule has 1 aromatic heterocycles. The number of rotatable bonds is 10. The van der Waals surface area contributed by atoms with Gasteiger partial charge in [0.05, 0.1) is 12.1 Å². The Morgan fingerprint density at radius 3 is 2.41 bits per heavy atom. The molecule has 3 aromatic carbocycles. The van der Waals surface area contributed by atoms with Crippen LogP contribution in [0.5, 0.6) is 0 Å². The number of ketones is 1. The number of amides is 2. The Kier molecular flexibility index (Phi) is 8.05. The van der Waals surface area contributed by atoms with Gasteiger partial charge < -0.3 is 10.1 Å². The molecule has 0 aliphatic rings. The summed E-state index contributed by atoms with van der Waals surface area (Å²) in [4.78, 5) is 41.0. The van der Waals surface area contributed by atoms with E-state index in [9.17, 15) is 14.4 Å². The van der Waals surface area contributed by atoms with Crippen molar-refractivity contribution >= 4 is 34.3 Å². The number of aromatic nitrogens is 3. The lowest BCUT2D eigenvalue weighted by Crippen LogP contribution is -2.46. The zero-order chi connectivity index (χ0) is 26.4. The number of carbonyl (C=O) groups excluding carboxylic acids is 3. The van der Waals surface area contributed by atoms with Crippen LogP contribution >= 0.6 is 0 Å². The molecule has 0 spiro atoms. The second kappa shape index (κ2) is 11.6. The van der Waals surface area contributed by atoms with Crippen molar-refractivity contribution in [2.75, 3.05) is 25.2 Å². The third-order valence-corrected chi connectivity index (χ3v) is 6.12. The number of Topliss-reactive ketones (excluding diaryl/α,β-unsaturated/α-hetero) is 1. The van der Waals surface area contributed by atoms with Crippen LogP contribution in [-0.2, 0) is 20.9 Å². The number of hydrogen-bond acceptors (Lipinski definition) is 6. The van der Waals surface area contributed by atoms with Crippen LogP contribution in [0.4, 0.5) is 5.69 Å². The molecule has 4 rings (SSSR count). The highest BCUT2D eigenvalue weighted by Crippen LogP contribution is 2.31. The van der Waals surface area contributed by atoms with Gasteiger partial charge in [-0.05, 0) is 61.4 Å². The molecule has 9 nitrogen and oxygen atoms in total. The standard InChI is InChI=1S/C28H29N5O4/c1-19-8-4-5-9-23(19)27(28(36)29-16-17-37-3)33(22-14-12-21(13-15-22)20(2)34)26(35)18-32-25-11-7-6-10-24(25)30-31-32/h4-15,27H,16-18H2,1-3H3,(H,29,36)/t27-/m0/s1. The fourth-order valence-electron chi connectivity index (χ4n) is 4.20. The van der Waals surface area contributed by atoms with E-state index < -0.39 is 6.04 Å². The number of nitrogens with zero attached hydrogens (tertiary/aromatic N) is 4. The van der Waals surface area contributed by atoms with Crippen LogP contribution in [-0.4, -0.2) is 52.9 Å². The summed E-state index contributed by atoms with van der Waals surface area (Å²) in [7, 11) is 1.56. The monoisotopic (exact) mass is 499 g/mol. The van der Waals surface area contributed by atoms with E-state index in [-0.39, 0.29) is 30.7 Å². The number of carbonyl (C=O) groups is 3. The van der Waals surface area contributed by atoms with Gasteiger partial charge in [-0.15, -0.1) is 5.10 Å². The lowest BCUT2D eigenvalue weighted by Gasteiger charge is -2.32. The first-order valence-electron chi connectivity index (χ1n) is 11.9. The van der Waals surface area contributed by atoms with Crippen LogP contribution in [0.2, 0.25) is 0 Å². The molecule has 0 saturated carbocycles. The van der Waals surface area contributed by atoms with E-state index >= 15 is 0 Å². The van der Waals surface area contributed by atoms with Gasteiger partial charge in [0.2, 0.25) is 11.8 Å². The van der Waals surface area contributed by atoms with E-state index in [1.54, 1.807) is 31.4 Å².